The van der Waals surface area contributed by atoms with Crippen LogP contribution < -0.4 is 9.47 Å². The topological polar surface area (TPSA) is 59.3 Å². The largest absolute Gasteiger partial charge is 0.493 e. The fraction of sp³-hybridized carbons (Fsp3) is 0.130. The predicted octanol–water partition coefficient (Wildman–Crippen LogP) is 5.02. The number of nitrogens with zero attached hydrogens (tertiary/aromatic N) is 1. The van der Waals surface area contributed by atoms with Crippen molar-refractivity contribution in [1.29, 1.82) is 5.26 Å². The lowest BCUT2D eigenvalue weighted by Crippen LogP contribution is -2.00. The Morgan fingerprint density at radius 2 is 1.74 bits per heavy atom. The Hall–Kier alpha value is -3.58. The highest BCUT2D eigenvalue weighted by Gasteiger charge is 2.09. The molecule has 4 nitrogen and oxygen atoms in total. The highest BCUT2D eigenvalue weighted by molar-refractivity contribution is 5.94. The molecule has 3 aromatic rings. The number of carbonyl (C=O) groups excluding carboxylic acids is 1. The smallest absolute Gasteiger partial charge is 0.161 e. The Balaban J connectivity index is 1.74. The zero-order valence-corrected chi connectivity index (χ0v) is 15.2. The summed E-state index contributed by atoms with van der Waals surface area (Å²) in [6.07, 6.45) is 0. The minimum atomic E-state index is -0.0203. The van der Waals surface area contributed by atoms with Crippen molar-refractivity contribution in [3.63, 3.8) is 0 Å². The molecule has 3 rings (SSSR count). The molecular weight excluding hydrogens is 338 g/mol. The van der Waals surface area contributed by atoms with E-state index in [4.69, 9.17) is 9.47 Å². The van der Waals surface area contributed by atoms with E-state index < -0.39 is 0 Å². The van der Waals surface area contributed by atoms with Crippen molar-refractivity contribution in [2.24, 2.45) is 0 Å². The number of methoxy groups -OCH3 is 1. The highest BCUT2D eigenvalue weighted by Crippen LogP contribution is 2.29. The maximum absolute atomic E-state index is 11.5. The SMILES string of the molecule is COc1cc(C(C)=O)ccc1OCc1ccc(-c2ccccc2C#N)cc1. The number of hydrogen-bond donors (Lipinski definition) is 0. The maximum atomic E-state index is 11.5. The van der Waals surface area contributed by atoms with Crippen LogP contribution in [0.2, 0.25) is 0 Å². The zero-order chi connectivity index (χ0) is 19.2. The van der Waals surface area contributed by atoms with E-state index in [1.807, 2.05) is 48.5 Å². The van der Waals surface area contributed by atoms with E-state index in [1.54, 1.807) is 25.3 Å². The molecule has 0 N–H and O–H groups in total. The fourth-order valence-electron chi connectivity index (χ4n) is 2.78. The molecule has 0 unspecified atom stereocenters. The molecule has 0 atom stereocenters. The third-order valence-corrected chi connectivity index (χ3v) is 4.28. The third kappa shape index (κ3) is 4.16. The first kappa shape index (κ1) is 18.2. The van der Waals surface area contributed by atoms with E-state index in [0.717, 1.165) is 16.7 Å². The minimum Gasteiger partial charge on any atom is -0.493 e. The van der Waals surface area contributed by atoms with Gasteiger partial charge in [0.25, 0.3) is 0 Å². The number of Topliss-reactive ketones (excluding diaryl/α,β-unsaturated/α-hetero) is 1. The van der Waals surface area contributed by atoms with Crippen LogP contribution in [-0.2, 0) is 6.61 Å². The number of carbonyl (C=O) groups is 1. The van der Waals surface area contributed by atoms with Crippen LogP contribution in [0.3, 0.4) is 0 Å². The molecule has 0 aliphatic rings. The van der Waals surface area contributed by atoms with Crippen LogP contribution in [0.5, 0.6) is 11.5 Å². The second-order valence-corrected chi connectivity index (χ2v) is 6.06. The van der Waals surface area contributed by atoms with Gasteiger partial charge in [0.05, 0.1) is 18.7 Å². The number of nitriles is 1. The van der Waals surface area contributed by atoms with Crippen molar-refractivity contribution in [1.82, 2.24) is 0 Å². The molecule has 0 aliphatic carbocycles. The van der Waals surface area contributed by atoms with Crippen molar-refractivity contribution in [3.05, 3.63) is 83.4 Å². The summed E-state index contributed by atoms with van der Waals surface area (Å²) in [6.45, 7) is 1.89. The normalized spacial score (nSPS) is 10.1. The first-order chi connectivity index (χ1) is 13.1. The molecule has 0 amide bonds. The third-order valence-electron chi connectivity index (χ3n) is 4.28. The molecular formula is C23H19NO3. The van der Waals surface area contributed by atoms with Gasteiger partial charge in [0.1, 0.15) is 6.61 Å². The molecule has 0 saturated carbocycles. The van der Waals surface area contributed by atoms with Gasteiger partial charge in [0.15, 0.2) is 17.3 Å². The summed E-state index contributed by atoms with van der Waals surface area (Å²) in [4.78, 5) is 11.5. The van der Waals surface area contributed by atoms with Crippen LogP contribution in [0.1, 0.15) is 28.4 Å². The number of ketones is 1. The number of benzene rings is 3. The van der Waals surface area contributed by atoms with Crippen LogP contribution in [0, 0.1) is 11.3 Å². The van der Waals surface area contributed by atoms with Crippen LogP contribution in [0.15, 0.2) is 66.7 Å². The summed E-state index contributed by atoms with van der Waals surface area (Å²) < 4.78 is 11.2. The molecule has 0 bridgehead atoms. The van der Waals surface area contributed by atoms with Gasteiger partial charge < -0.3 is 9.47 Å². The lowest BCUT2D eigenvalue weighted by molar-refractivity contribution is 0.101. The molecule has 0 heterocycles. The van der Waals surface area contributed by atoms with E-state index in [-0.39, 0.29) is 5.78 Å². The van der Waals surface area contributed by atoms with E-state index in [2.05, 4.69) is 6.07 Å². The number of ether oxygens (including phenoxy) is 2. The van der Waals surface area contributed by atoms with Gasteiger partial charge in [-0.1, -0.05) is 42.5 Å². The first-order valence-electron chi connectivity index (χ1n) is 8.52. The molecule has 0 fully saturated rings. The van der Waals surface area contributed by atoms with E-state index in [0.29, 0.717) is 29.2 Å². The van der Waals surface area contributed by atoms with E-state index in [9.17, 15) is 10.1 Å². The van der Waals surface area contributed by atoms with Crippen LogP contribution in [-0.4, -0.2) is 12.9 Å². The van der Waals surface area contributed by atoms with Crippen molar-refractivity contribution in [2.45, 2.75) is 13.5 Å². The van der Waals surface area contributed by atoms with Crippen molar-refractivity contribution >= 4 is 5.78 Å². The van der Waals surface area contributed by atoms with Gasteiger partial charge >= 0.3 is 0 Å². The average Bonchev–Trinajstić information content (AvgIpc) is 2.72. The summed E-state index contributed by atoms with van der Waals surface area (Å²) >= 11 is 0. The summed E-state index contributed by atoms with van der Waals surface area (Å²) in [7, 11) is 1.55. The van der Waals surface area contributed by atoms with Gasteiger partial charge in [0, 0.05) is 5.56 Å². The lowest BCUT2D eigenvalue weighted by atomic mass is 9.99. The molecule has 134 valence electrons. The van der Waals surface area contributed by atoms with Crippen molar-refractivity contribution in [2.75, 3.05) is 7.11 Å². The van der Waals surface area contributed by atoms with Gasteiger partial charge in [0.2, 0.25) is 0 Å². The van der Waals surface area contributed by atoms with Crippen molar-refractivity contribution < 1.29 is 14.3 Å². The van der Waals surface area contributed by atoms with Crippen LogP contribution in [0.25, 0.3) is 11.1 Å². The summed E-state index contributed by atoms with van der Waals surface area (Å²) in [5.74, 6) is 1.09. The number of hydrogen-bond acceptors (Lipinski definition) is 4. The Morgan fingerprint density at radius 3 is 2.41 bits per heavy atom. The summed E-state index contributed by atoms with van der Waals surface area (Å²) in [5, 5.41) is 9.24. The van der Waals surface area contributed by atoms with Gasteiger partial charge in [-0.3, -0.25) is 4.79 Å². The molecule has 27 heavy (non-hydrogen) atoms. The fourth-order valence-corrected chi connectivity index (χ4v) is 2.78. The zero-order valence-electron chi connectivity index (χ0n) is 15.2. The maximum Gasteiger partial charge on any atom is 0.161 e. The van der Waals surface area contributed by atoms with Gasteiger partial charge in [-0.2, -0.15) is 5.26 Å². The van der Waals surface area contributed by atoms with Gasteiger partial charge in [-0.05, 0) is 47.9 Å². The standard InChI is InChI=1S/C23H19NO3/c1-16(25)19-11-12-22(23(13-19)26-2)27-15-17-7-9-18(10-8-17)21-6-4-3-5-20(21)14-24/h3-13H,15H2,1-2H3. The summed E-state index contributed by atoms with van der Waals surface area (Å²) in [5.41, 5.74) is 4.12. The van der Waals surface area contributed by atoms with Crippen LogP contribution >= 0.6 is 0 Å². The van der Waals surface area contributed by atoms with Crippen molar-refractivity contribution in [3.8, 4) is 28.7 Å². The first-order valence-corrected chi connectivity index (χ1v) is 8.52. The number of rotatable bonds is 6. The van der Waals surface area contributed by atoms with Gasteiger partial charge in [-0.25, -0.2) is 0 Å². The molecule has 3 aromatic carbocycles. The monoisotopic (exact) mass is 357 g/mol. The minimum absolute atomic E-state index is 0.0203. The Morgan fingerprint density at radius 1 is 1.00 bits per heavy atom. The predicted molar refractivity (Wildman–Crippen MR) is 104 cm³/mol. The lowest BCUT2D eigenvalue weighted by Gasteiger charge is -2.12. The highest BCUT2D eigenvalue weighted by atomic mass is 16.5. The Labute approximate surface area is 158 Å². The Bertz CT molecular complexity index is 1000. The molecule has 0 radical (unpaired) electrons. The molecule has 0 aromatic heterocycles. The molecule has 0 saturated heterocycles. The van der Waals surface area contributed by atoms with Gasteiger partial charge in [-0.15, -0.1) is 0 Å². The second-order valence-electron chi connectivity index (χ2n) is 6.06. The Kier molecular flexibility index (Phi) is 5.53. The summed E-state index contributed by atoms with van der Waals surface area (Å²) in [6, 6.07) is 22.8. The average molecular weight is 357 g/mol. The van der Waals surface area contributed by atoms with E-state index >= 15 is 0 Å². The van der Waals surface area contributed by atoms with Crippen LogP contribution in [0.4, 0.5) is 0 Å². The second kappa shape index (κ2) is 8.20. The quantitative estimate of drug-likeness (QED) is 0.582. The molecule has 4 heteroatoms. The molecule has 0 aliphatic heterocycles. The molecule has 0 spiro atoms. The van der Waals surface area contributed by atoms with E-state index in [1.165, 1.54) is 6.92 Å².